The maximum atomic E-state index is 8.59. The average molecular weight is 178 g/mol. The van der Waals surface area contributed by atoms with Gasteiger partial charge in [-0.25, -0.2) is 0 Å². The van der Waals surface area contributed by atoms with Crippen LogP contribution in [-0.4, -0.2) is 24.0 Å². The third-order valence-electron chi connectivity index (χ3n) is 2.83. The summed E-state index contributed by atoms with van der Waals surface area (Å²) in [5.74, 6) is 0. The van der Waals surface area contributed by atoms with Crippen molar-refractivity contribution >= 4 is 0 Å². The number of likely N-dealkylation sites (N-methyl/N-ethyl adjacent to an activating group) is 1. The molecular weight excluding hydrogens is 160 g/mol. The lowest BCUT2D eigenvalue weighted by Crippen LogP contribution is -2.38. The molecule has 2 heteroatoms. The van der Waals surface area contributed by atoms with Crippen molar-refractivity contribution in [3.63, 3.8) is 0 Å². The molecule has 0 fully saturated rings. The molecule has 2 unspecified atom stereocenters. The highest BCUT2D eigenvalue weighted by Crippen LogP contribution is 2.17. The Morgan fingerprint density at radius 3 is 3.00 bits per heavy atom. The number of nitriles is 1. The van der Waals surface area contributed by atoms with Crippen molar-refractivity contribution < 1.29 is 0 Å². The summed E-state index contributed by atoms with van der Waals surface area (Å²) < 4.78 is 0. The predicted molar refractivity (Wildman–Crippen MR) is 54.2 cm³/mol. The molecule has 1 rings (SSSR count). The van der Waals surface area contributed by atoms with E-state index in [-0.39, 0.29) is 0 Å². The van der Waals surface area contributed by atoms with Gasteiger partial charge < -0.3 is 0 Å². The van der Waals surface area contributed by atoms with Crippen LogP contribution in [0, 0.1) is 11.3 Å². The van der Waals surface area contributed by atoms with E-state index in [9.17, 15) is 0 Å². The largest absolute Gasteiger partial charge is 0.296 e. The van der Waals surface area contributed by atoms with E-state index >= 15 is 0 Å². The number of nitrogens with zero attached hydrogens (tertiary/aromatic N) is 2. The zero-order chi connectivity index (χ0) is 9.68. The molecule has 72 valence electrons. The van der Waals surface area contributed by atoms with Crippen molar-refractivity contribution in [1.82, 2.24) is 4.90 Å². The standard InChI is InChI=1S/C11H18N2/c1-10(8-9-12)13(2)11-6-4-3-5-7-11/h4,6,10-11H,3,5,7-8H2,1-2H3. The van der Waals surface area contributed by atoms with Gasteiger partial charge >= 0.3 is 0 Å². The maximum absolute atomic E-state index is 8.59. The molecule has 0 spiro atoms. The van der Waals surface area contributed by atoms with E-state index in [1.807, 2.05) is 0 Å². The van der Waals surface area contributed by atoms with Crippen LogP contribution in [0.15, 0.2) is 12.2 Å². The zero-order valence-corrected chi connectivity index (χ0v) is 8.53. The van der Waals surface area contributed by atoms with Crippen molar-refractivity contribution in [3.05, 3.63) is 12.2 Å². The van der Waals surface area contributed by atoms with Crippen LogP contribution in [-0.2, 0) is 0 Å². The third kappa shape index (κ3) is 2.86. The van der Waals surface area contributed by atoms with Crippen molar-refractivity contribution in [2.24, 2.45) is 0 Å². The van der Waals surface area contributed by atoms with Crippen molar-refractivity contribution in [3.8, 4) is 6.07 Å². The molecule has 2 nitrogen and oxygen atoms in total. The lowest BCUT2D eigenvalue weighted by molar-refractivity contribution is 0.203. The van der Waals surface area contributed by atoms with Gasteiger partial charge in [0.15, 0.2) is 0 Å². The highest BCUT2D eigenvalue weighted by atomic mass is 15.1. The Labute approximate surface area is 80.8 Å². The van der Waals surface area contributed by atoms with Crippen LogP contribution in [0.25, 0.3) is 0 Å². The molecular formula is C11H18N2. The summed E-state index contributed by atoms with van der Waals surface area (Å²) in [6.45, 7) is 2.12. The van der Waals surface area contributed by atoms with Gasteiger partial charge in [-0.3, -0.25) is 4.90 Å². The van der Waals surface area contributed by atoms with Gasteiger partial charge in [0.25, 0.3) is 0 Å². The summed E-state index contributed by atoms with van der Waals surface area (Å²) in [6, 6.07) is 3.15. The Morgan fingerprint density at radius 1 is 1.69 bits per heavy atom. The van der Waals surface area contributed by atoms with Gasteiger partial charge in [-0.2, -0.15) is 5.26 Å². The number of hydrogen-bond donors (Lipinski definition) is 0. The summed E-state index contributed by atoms with van der Waals surface area (Å²) in [6.07, 6.45) is 8.90. The first kappa shape index (κ1) is 10.3. The second kappa shape index (κ2) is 5.04. The minimum absolute atomic E-state index is 0.373. The Kier molecular flexibility index (Phi) is 3.98. The van der Waals surface area contributed by atoms with Crippen molar-refractivity contribution in [2.45, 2.75) is 44.7 Å². The van der Waals surface area contributed by atoms with E-state index in [1.54, 1.807) is 0 Å². The van der Waals surface area contributed by atoms with Crippen LogP contribution in [0.5, 0.6) is 0 Å². The summed E-state index contributed by atoms with van der Waals surface area (Å²) in [5, 5.41) is 8.59. The van der Waals surface area contributed by atoms with E-state index in [1.165, 1.54) is 19.3 Å². The highest BCUT2D eigenvalue weighted by molar-refractivity contribution is 4.99. The van der Waals surface area contributed by atoms with Gasteiger partial charge in [0.1, 0.15) is 0 Å². The van der Waals surface area contributed by atoms with Gasteiger partial charge in [0.05, 0.1) is 12.5 Å². The normalized spacial score (nSPS) is 24.3. The Morgan fingerprint density at radius 2 is 2.46 bits per heavy atom. The summed E-state index contributed by atoms with van der Waals surface area (Å²) in [4.78, 5) is 2.30. The van der Waals surface area contributed by atoms with Crippen LogP contribution >= 0.6 is 0 Å². The molecule has 13 heavy (non-hydrogen) atoms. The summed E-state index contributed by atoms with van der Waals surface area (Å²) in [5.41, 5.74) is 0. The first-order chi connectivity index (χ1) is 6.25. The van der Waals surface area contributed by atoms with Crippen LogP contribution in [0.1, 0.15) is 32.6 Å². The number of rotatable bonds is 3. The van der Waals surface area contributed by atoms with Gasteiger partial charge in [0.2, 0.25) is 0 Å². The highest BCUT2D eigenvalue weighted by Gasteiger charge is 2.18. The lowest BCUT2D eigenvalue weighted by Gasteiger charge is -2.31. The molecule has 0 aliphatic heterocycles. The Bertz CT molecular complexity index is 215. The second-order valence-electron chi connectivity index (χ2n) is 3.80. The van der Waals surface area contributed by atoms with Crippen LogP contribution in [0.2, 0.25) is 0 Å². The third-order valence-corrected chi connectivity index (χ3v) is 2.83. The SMILES string of the molecule is CC(CC#N)N(C)C1C=CCCC1. The molecule has 1 aliphatic rings. The zero-order valence-electron chi connectivity index (χ0n) is 8.53. The number of hydrogen-bond acceptors (Lipinski definition) is 2. The van der Waals surface area contributed by atoms with E-state index in [4.69, 9.17) is 5.26 Å². The molecule has 0 saturated heterocycles. The van der Waals surface area contributed by atoms with Crippen LogP contribution < -0.4 is 0 Å². The monoisotopic (exact) mass is 178 g/mol. The molecule has 0 radical (unpaired) electrons. The molecule has 0 saturated carbocycles. The summed E-state index contributed by atoms with van der Waals surface area (Å²) in [7, 11) is 2.11. The molecule has 0 N–H and O–H groups in total. The minimum atomic E-state index is 0.373. The molecule has 0 bridgehead atoms. The average Bonchev–Trinajstić information content (AvgIpc) is 2.18. The van der Waals surface area contributed by atoms with Crippen LogP contribution in [0.3, 0.4) is 0 Å². The molecule has 0 heterocycles. The van der Waals surface area contributed by atoms with E-state index in [2.05, 4.69) is 37.1 Å². The molecule has 0 aromatic rings. The van der Waals surface area contributed by atoms with Gasteiger partial charge in [-0.15, -0.1) is 0 Å². The number of allylic oxidation sites excluding steroid dienone is 1. The Hall–Kier alpha value is -0.810. The molecule has 0 aromatic carbocycles. The molecule has 0 amide bonds. The molecule has 0 aromatic heterocycles. The van der Waals surface area contributed by atoms with E-state index in [0.717, 1.165) is 0 Å². The molecule has 2 atom stereocenters. The Balaban J connectivity index is 2.46. The van der Waals surface area contributed by atoms with Gasteiger partial charge in [-0.05, 0) is 33.2 Å². The van der Waals surface area contributed by atoms with E-state index in [0.29, 0.717) is 18.5 Å². The molecule has 1 aliphatic carbocycles. The van der Waals surface area contributed by atoms with Crippen molar-refractivity contribution in [1.29, 1.82) is 5.26 Å². The topological polar surface area (TPSA) is 27.0 Å². The van der Waals surface area contributed by atoms with Gasteiger partial charge in [0, 0.05) is 12.1 Å². The fourth-order valence-corrected chi connectivity index (χ4v) is 1.74. The van der Waals surface area contributed by atoms with Gasteiger partial charge in [-0.1, -0.05) is 12.2 Å². The quantitative estimate of drug-likeness (QED) is 0.620. The fourth-order valence-electron chi connectivity index (χ4n) is 1.74. The van der Waals surface area contributed by atoms with E-state index < -0.39 is 0 Å². The first-order valence-electron chi connectivity index (χ1n) is 5.01. The predicted octanol–water partition coefficient (Wildman–Crippen LogP) is 2.33. The smallest absolute Gasteiger partial charge is 0.0638 e. The van der Waals surface area contributed by atoms with Crippen molar-refractivity contribution in [2.75, 3.05) is 7.05 Å². The minimum Gasteiger partial charge on any atom is -0.296 e. The first-order valence-corrected chi connectivity index (χ1v) is 5.01. The van der Waals surface area contributed by atoms with Crippen LogP contribution in [0.4, 0.5) is 0 Å². The summed E-state index contributed by atoms with van der Waals surface area (Å²) >= 11 is 0. The maximum Gasteiger partial charge on any atom is 0.0638 e. The fraction of sp³-hybridized carbons (Fsp3) is 0.727. The second-order valence-corrected chi connectivity index (χ2v) is 3.80. The lowest BCUT2D eigenvalue weighted by atomic mass is 10.0.